The normalized spacial score (nSPS) is 24.3. The van der Waals surface area contributed by atoms with Gasteiger partial charge in [0.05, 0.1) is 5.92 Å². The first kappa shape index (κ1) is 13.1. The molecule has 1 aliphatic rings. The van der Waals surface area contributed by atoms with E-state index in [2.05, 4.69) is 36.1 Å². The molecule has 0 radical (unpaired) electrons. The first-order valence-electron chi connectivity index (χ1n) is 6.63. The summed E-state index contributed by atoms with van der Waals surface area (Å²) in [5.41, 5.74) is 2.70. The van der Waals surface area contributed by atoms with Crippen molar-refractivity contribution in [1.82, 2.24) is 4.90 Å². The molecule has 18 heavy (non-hydrogen) atoms. The Labute approximate surface area is 108 Å². The molecule has 0 aromatic heterocycles. The highest BCUT2D eigenvalue weighted by Crippen LogP contribution is 2.25. The monoisotopic (exact) mass is 247 g/mol. The minimum absolute atomic E-state index is 0.209. The van der Waals surface area contributed by atoms with Gasteiger partial charge in [0, 0.05) is 19.6 Å². The number of carboxylic acid groups (broad SMARTS) is 1. The molecule has 0 spiro atoms. The first-order valence-corrected chi connectivity index (χ1v) is 6.63. The highest BCUT2D eigenvalue weighted by Gasteiger charge is 2.34. The Morgan fingerprint density at radius 2 is 2.00 bits per heavy atom. The van der Waals surface area contributed by atoms with E-state index < -0.39 is 5.97 Å². The van der Waals surface area contributed by atoms with Crippen molar-refractivity contribution in [3.05, 3.63) is 35.4 Å². The van der Waals surface area contributed by atoms with Gasteiger partial charge in [0.1, 0.15) is 0 Å². The standard InChI is InChI=1S/C15H21NO2/c1-3-12-6-4-5-7-13(12)9-16-8-11(2)14(10-16)15(17)18/h4-7,11,14H,3,8-10H2,1-2H3,(H,17,18)/t11-,14-/m1/s1. The lowest BCUT2D eigenvalue weighted by atomic mass is 9.99. The molecular weight excluding hydrogens is 226 g/mol. The second kappa shape index (κ2) is 5.53. The van der Waals surface area contributed by atoms with E-state index in [4.69, 9.17) is 5.11 Å². The summed E-state index contributed by atoms with van der Waals surface area (Å²) < 4.78 is 0. The third-order valence-electron chi connectivity index (χ3n) is 3.90. The van der Waals surface area contributed by atoms with Gasteiger partial charge in [-0.25, -0.2) is 0 Å². The van der Waals surface area contributed by atoms with Crippen LogP contribution in [0.15, 0.2) is 24.3 Å². The molecule has 1 saturated heterocycles. The number of hydrogen-bond donors (Lipinski definition) is 1. The molecule has 3 nitrogen and oxygen atoms in total. The van der Waals surface area contributed by atoms with Crippen LogP contribution >= 0.6 is 0 Å². The van der Waals surface area contributed by atoms with Crippen molar-refractivity contribution in [2.24, 2.45) is 11.8 Å². The maximum Gasteiger partial charge on any atom is 0.308 e. The summed E-state index contributed by atoms with van der Waals surface area (Å²) in [5, 5.41) is 9.14. The molecule has 1 aliphatic heterocycles. The summed E-state index contributed by atoms with van der Waals surface area (Å²) in [4.78, 5) is 13.4. The van der Waals surface area contributed by atoms with E-state index in [0.717, 1.165) is 19.5 Å². The fourth-order valence-corrected chi connectivity index (χ4v) is 2.82. The van der Waals surface area contributed by atoms with Crippen LogP contribution in [-0.4, -0.2) is 29.1 Å². The number of carboxylic acids is 1. The molecule has 0 unspecified atom stereocenters. The van der Waals surface area contributed by atoms with Gasteiger partial charge in [0.2, 0.25) is 0 Å². The molecule has 2 atom stereocenters. The van der Waals surface area contributed by atoms with Crippen LogP contribution in [-0.2, 0) is 17.8 Å². The van der Waals surface area contributed by atoms with E-state index >= 15 is 0 Å². The Hall–Kier alpha value is -1.35. The molecule has 1 aromatic rings. The van der Waals surface area contributed by atoms with Crippen LogP contribution in [0.5, 0.6) is 0 Å². The predicted molar refractivity (Wildman–Crippen MR) is 71.4 cm³/mol. The number of aliphatic carboxylic acids is 1. The minimum atomic E-state index is -0.659. The largest absolute Gasteiger partial charge is 0.481 e. The molecule has 98 valence electrons. The van der Waals surface area contributed by atoms with Crippen molar-refractivity contribution in [2.45, 2.75) is 26.8 Å². The van der Waals surface area contributed by atoms with Crippen molar-refractivity contribution < 1.29 is 9.90 Å². The average Bonchev–Trinajstić information content (AvgIpc) is 2.71. The lowest BCUT2D eigenvalue weighted by Crippen LogP contribution is -2.23. The Bertz CT molecular complexity index is 430. The zero-order chi connectivity index (χ0) is 13.1. The van der Waals surface area contributed by atoms with Crippen molar-refractivity contribution in [2.75, 3.05) is 13.1 Å². The molecule has 1 fully saturated rings. The summed E-state index contributed by atoms with van der Waals surface area (Å²) in [6.07, 6.45) is 1.03. The number of carbonyl (C=O) groups is 1. The van der Waals surface area contributed by atoms with Crippen molar-refractivity contribution in [1.29, 1.82) is 0 Å². The van der Waals surface area contributed by atoms with E-state index in [1.807, 2.05) is 6.92 Å². The number of nitrogens with zero attached hydrogens (tertiary/aromatic N) is 1. The van der Waals surface area contributed by atoms with Crippen molar-refractivity contribution in [3.63, 3.8) is 0 Å². The van der Waals surface area contributed by atoms with E-state index in [9.17, 15) is 4.79 Å². The molecule has 1 aromatic carbocycles. The molecule has 1 N–H and O–H groups in total. The van der Waals surface area contributed by atoms with E-state index in [0.29, 0.717) is 6.54 Å². The van der Waals surface area contributed by atoms with Gasteiger partial charge in [-0.15, -0.1) is 0 Å². The summed E-state index contributed by atoms with van der Waals surface area (Å²) in [6.45, 7) is 6.62. The highest BCUT2D eigenvalue weighted by atomic mass is 16.4. The van der Waals surface area contributed by atoms with Crippen LogP contribution in [0.25, 0.3) is 0 Å². The van der Waals surface area contributed by atoms with Crippen LogP contribution in [0.3, 0.4) is 0 Å². The predicted octanol–water partition coefficient (Wildman–Crippen LogP) is 2.40. The van der Waals surface area contributed by atoms with E-state index in [-0.39, 0.29) is 11.8 Å². The number of likely N-dealkylation sites (tertiary alicyclic amines) is 1. The maximum atomic E-state index is 11.1. The van der Waals surface area contributed by atoms with Gasteiger partial charge < -0.3 is 5.11 Å². The van der Waals surface area contributed by atoms with E-state index in [1.54, 1.807) is 0 Å². The molecule has 0 saturated carbocycles. The number of hydrogen-bond acceptors (Lipinski definition) is 2. The minimum Gasteiger partial charge on any atom is -0.481 e. The smallest absolute Gasteiger partial charge is 0.308 e. The molecule has 0 amide bonds. The van der Waals surface area contributed by atoms with E-state index in [1.165, 1.54) is 11.1 Å². The average molecular weight is 247 g/mol. The van der Waals surface area contributed by atoms with Gasteiger partial charge in [-0.05, 0) is 23.5 Å². The molecule has 3 heteroatoms. The van der Waals surface area contributed by atoms with Crippen LogP contribution in [0, 0.1) is 11.8 Å². The van der Waals surface area contributed by atoms with Crippen LogP contribution in [0.4, 0.5) is 0 Å². The molecule has 1 heterocycles. The highest BCUT2D eigenvalue weighted by molar-refractivity contribution is 5.71. The van der Waals surface area contributed by atoms with Gasteiger partial charge in [0.25, 0.3) is 0 Å². The quantitative estimate of drug-likeness (QED) is 0.888. The Morgan fingerprint density at radius 3 is 2.56 bits per heavy atom. The van der Waals surface area contributed by atoms with Gasteiger partial charge in [0.15, 0.2) is 0 Å². The van der Waals surface area contributed by atoms with Gasteiger partial charge >= 0.3 is 5.97 Å². The van der Waals surface area contributed by atoms with Crippen molar-refractivity contribution in [3.8, 4) is 0 Å². The number of benzene rings is 1. The van der Waals surface area contributed by atoms with Crippen LogP contribution in [0.2, 0.25) is 0 Å². The van der Waals surface area contributed by atoms with Crippen molar-refractivity contribution >= 4 is 5.97 Å². The summed E-state index contributed by atoms with van der Waals surface area (Å²) in [5.74, 6) is -0.621. The fourth-order valence-electron chi connectivity index (χ4n) is 2.82. The van der Waals surface area contributed by atoms with Crippen LogP contribution in [0.1, 0.15) is 25.0 Å². The molecule has 2 rings (SSSR count). The lowest BCUT2D eigenvalue weighted by molar-refractivity contribution is -0.142. The third-order valence-corrected chi connectivity index (χ3v) is 3.90. The second-order valence-corrected chi connectivity index (χ2v) is 5.24. The zero-order valence-electron chi connectivity index (χ0n) is 11.1. The Morgan fingerprint density at radius 1 is 1.33 bits per heavy atom. The Balaban J connectivity index is 2.05. The third kappa shape index (κ3) is 2.72. The molecular formula is C15H21NO2. The van der Waals surface area contributed by atoms with Gasteiger partial charge in [-0.2, -0.15) is 0 Å². The SMILES string of the molecule is CCc1ccccc1CN1C[C@@H](C)[C@H](C(=O)O)C1. The lowest BCUT2D eigenvalue weighted by Gasteiger charge is -2.17. The molecule has 0 aliphatic carbocycles. The molecule has 0 bridgehead atoms. The fraction of sp³-hybridized carbons (Fsp3) is 0.533. The summed E-state index contributed by atoms with van der Waals surface area (Å²) in [7, 11) is 0. The topological polar surface area (TPSA) is 40.5 Å². The van der Waals surface area contributed by atoms with Crippen LogP contribution < -0.4 is 0 Å². The number of rotatable bonds is 4. The maximum absolute atomic E-state index is 11.1. The van der Waals surface area contributed by atoms with Gasteiger partial charge in [-0.1, -0.05) is 38.1 Å². The first-order chi connectivity index (χ1) is 8.61. The van der Waals surface area contributed by atoms with Gasteiger partial charge in [-0.3, -0.25) is 9.69 Å². The summed E-state index contributed by atoms with van der Waals surface area (Å²) in [6, 6.07) is 8.43. The Kier molecular flexibility index (Phi) is 4.02. The number of aryl methyl sites for hydroxylation is 1. The zero-order valence-corrected chi connectivity index (χ0v) is 11.1. The second-order valence-electron chi connectivity index (χ2n) is 5.24. The summed E-state index contributed by atoms with van der Waals surface area (Å²) >= 11 is 0.